The molecule has 2 rings (SSSR count). The van der Waals surface area contributed by atoms with Crippen molar-refractivity contribution in [2.24, 2.45) is 5.73 Å². The summed E-state index contributed by atoms with van der Waals surface area (Å²) in [6.45, 7) is 1.87. The lowest BCUT2D eigenvalue weighted by Gasteiger charge is -2.35. The molecule has 1 saturated carbocycles. The summed E-state index contributed by atoms with van der Waals surface area (Å²) in [6, 6.07) is -0.552. The lowest BCUT2D eigenvalue weighted by molar-refractivity contribution is -0.137. The van der Waals surface area contributed by atoms with Gasteiger partial charge < -0.3 is 16.0 Å². The Hall–Kier alpha value is -1.34. The van der Waals surface area contributed by atoms with Crippen LogP contribution in [0.5, 0.6) is 0 Å². The molecular formula is C14H25ClN4O3. The number of urea groups is 1. The van der Waals surface area contributed by atoms with Crippen molar-refractivity contribution in [3.05, 3.63) is 0 Å². The summed E-state index contributed by atoms with van der Waals surface area (Å²) < 4.78 is 0. The summed E-state index contributed by atoms with van der Waals surface area (Å²) in [5.74, 6) is -0.582. The lowest BCUT2D eigenvalue weighted by Crippen LogP contribution is -2.50. The van der Waals surface area contributed by atoms with E-state index >= 15 is 0 Å². The fourth-order valence-corrected chi connectivity index (χ4v) is 3.19. The fourth-order valence-electron chi connectivity index (χ4n) is 3.19. The molecule has 0 aromatic heterocycles. The van der Waals surface area contributed by atoms with E-state index in [1.807, 2.05) is 0 Å². The van der Waals surface area contributed by atoms with Gasteiger partial charge in [-0.05, 0) is 19.8 Å². The van der Waals surface area contributed by atoms with Crippen molar-refractivity contribution in [1.82, 2.24) is 15.1 Å². The standard InChI is InChI=1S/C14H24N4O3.ClH/c1-10(8-15)16-11(19)9-18-12(20)14(17(2)13(18)21)6-4-3-5-7-14;/h10H,3-9,15H2,1-2H3,(H,16,19);1H/t10-;/m0./s1. The van der Waals surface area contributed by atoms with Gasteiger partial charge in [0.15, 0.2) is 0 Å². The summed E-state index contributed by atoms with van der Waals surface area (Å²) >= 11 is 0. The monoisotopic (exact) mass is 332 g/mol. The smallest absolute Gasteiger partial charge is 0.327 e. The number of carbonyl (C=O) groups is 3. The first kappa shape index (κ1) is 18.7. The number of nitrogens with zero attached hydrogens (tertiary/aromatic N) is 2. The molecule has 1 atom stereocenters. The Labute approximate surface area is 137 Å². The lowest BCUT2D eigenvalue weighted by atomic mass is 9.81. The summed E-state index contributed by atoms with van der Waals surface area (Å²) in [7, 11) is 1.66. The van der Waals surface area contributed by atoms with E-state index in [2.05, 4.69) is 5.32 Å². The van der Waals surface area contributed by atoms with E-state index in [-0.39, 0.29) is 42.8 Å². The maximum Gasteiger partial charge on any atom is 0.327 e. The van der Waals surface area contributed by atoms with Crippen LogP contribution in [-0.2, 0) is 9.59 Å². The van der Waals surface area contributed by atoms with E-state index in [9.17, 15) is 14.4 Å². The van der Waals surface area contributed by atoms with Crippen molar-refractivity contribution >= 4 is 30.3 Å². The Kier molecular flexibility index (Phi) is 6.19. The van der Waals surface area contributed by atoms with Crippen molar-refractivity contribution in [2.75, 3.05) is 20.1 Å². The van der Waals surface area contributed by atoms with E-state index in [1.165, 1.54) is 4.90 Å². The molecule has 1 saturated heterocycles. The van der Waals surface area contributed by atoms with Crippen molar-refractivity contribution in [1.29, 1.82) is 0 Å². The first-order chi connectivity index (χ1) is 9.92. The van der Waals surface area contributed by atoms with Crippen molar-refractivity contribution < 1.29 is 14.4 Å². The van der Waals surface area contributed by atoms with Crippen LogP contribution in [0.25, 0.3) is 0 Å². The molecule has 0 radical (unpaired) electrons. The summed E-state index contributed by atoms with van der Waals surface area (Å²) in [5.41, 5.74) is 4.72. The fraction of sp³-hybridized carbons (Fsp3) is 0.786. The van der Waals surface area contributed by atoms with Crippen molar-refractivity contribution in [2.45, 2.75) is 50.6 Å². The van der Waals surface area contributed by atoms with Crippen LogP contribution >= 0.6 is 12.4 Å². The number of nitrogens with one attached hydrogen (secondary N) is 1. The van der Waals surface area contributed by atoms with Crippen LogP contribution in [0.4, 0.5) is 4.79 Å². The number of hydrogen-bond acceptors (Lipinski definition) is 4. The van der Waals surface area contributed by atoms with Gasteiger partial charge in [-0.1, -0.05) is 19.3 Å². The van der Waals surface area contributed by atoms with Gasteiger partial charge in [-0.3, -0.25) is 14.5 Å². The molecule has 2 fully saturated rings. The number of nitrogens with two attached hydrogens (primary N) is 1. The molecular weight excluding hydrogens is 308 g/mol. The zero-order valence-electron chi connectivity index (χ0n) is 13.1. The van der Waals surface area contributed by atoms with Gasteiger partial charge in [0.25, 0.3) is 5.91 Å². The van der Waals surface area contributed by atoms with Crippen molar-refractivity contribution in [3.63, 3.8) is 0 Å². The molecule has 0 unspecified atom stereocenters. The number of carbonyl (C=O) groups excluding carboxylic acids is 3. The molecule has 4 amide bonds. The molecule has 126 valence electrons. The molecule has 8 heteroatoms. The zero-order chi connectivity index (χ0) is 15.6. The van der Waals surface area contributed by atoms with Crippen LogP contribution < -0.4 is 11.1 Å². The normalized spacial score (nSPS) is 21.8. The van der Waals surface area contributed by atoms with Gasteiger partial charge >= 0.3 is 6.03 Å². The van der Waals surface area contributed by atoms with Crippen molar-refractivity contribution in [3.8, 4) is 0 Å². The molecule has 1 aliphatic heterocycles. The Morgan fingerprint density at radius 3 is 2.45 bits per heavy atom. The number of amides is 4. The highest BCUT2D eigenvalue weighted by molar-refractivity contribution is 6.08. The van der Waals surface area contributed by atoms with Crippen LogP contribution in [0.3, 0.4) is 0 Å². The van der Waals surface area contributed by atoms with Gasteiger partial charge in [0.2, 0.25) is 5.91 Å². The maximum absolute atomic E-state index is 12.7. The summed E-state index contributed by atoms with van der Waals surface area (Å²) in [4.78, 5) is 39.5. The quantitative estimate of drug-likeness (QED) is 0.731. The predicted molar refractivity (Wildman–Crippen MR) is 84.6 cm³/mol. The highest BCUT2D eigenvalue weighted by Crippen LogP contribution is 2.39. The molecule has 0 aromatic carbocycles. The minimum atomic E-state index is -0.727. The van der Waals surface area contributed by atoms with Crippen LogP contribution in [0.1, 0.15) is 39.0 Å². The molecule has 2 aliphatic rings. The predicted octanol–water partition coefficient (Wildman–Crippen LogP) is 0.469. The first-order valence-electron chi connectivity index (χ1n) is 7.51. The Balaban J connectivity index is 0.00000242. The SMILES string of the molecule is C[C@@H](CN)NC(=O)CN1C(=O)N(C)C2(CCCCC2)C1=O.Cl. The third-order valence-electron chi connectivity index (χ3n) is 4.55. The van der Waals surface area contributed by atoms with Gasteiger partial charge in [-0.2, -0.15) is 0 Å². The highest BCUT2D eigenvalue weighted by atomic mass is 35.5. The van der Waals surface area contributed by atoms with Crippen LogP contribution in [0, 0.1) is 0 Å². The summed E-state index contributed by atoms with van der Waals surface area (Å²) in [6.07, 6.45) is 4.34. The maximum atomic E-state index is 12.7. The second kappa shape index (κ2) is 7.28. The average molecular weight is 333 g/mol. The minimum absolute atomic E-state index is 0. The molecule has 7 nitrogen and oxygen atoms in total. The third-order valence-corrected chi connectivity index (χ3v) is 4.55. The second-order valence-electron chi connectivity index (χ2n) is 6.03. The topological polar surface area (TPSA) is 95.7 Å². The molecule has 22 heavy (non-hydrogen) atoms. The first-order valence-corrected chi connectivity index (χ1v) is 7.51. The molecule has 3 N–H and O–H groups in total. The zero-order valence-corrected chi connectivity index (χ0v) is 13.9. The van der Waals surface area contributed by atoms with Gasteiger partial charge in [0, 0.05) is 19.6 Å². The number of rotatable bonds is 4. The Morgan fingerprint density at radius 2 is 1.91 bits per heavy atom. The number of hydrogen-bond donors (Lipinski definition) is 2. The van der Waals surface area contributed by atoms with Gasteiger partial charge in [0.05, 0.1) is 0 Å². The molecule has 0 aromatic rings. The third kappa shape index (κ3) is 3.20. The molecule has 1 heterocycles. The summed E-state index contributed by atoms with van der Waals surface area (Å²) in [5, 5.41) is 2.68. The average Bonchev–Trinajstić information content (AvgIpc) is 2.64. The minimum Gasteiger partial charge on any atom is -0.351 e. The highest BCUT2D eigenvalue weighted by Gasteiger charge is 2.55. The molecule has 1 aliphatic carbocycles. The van der Waals surface area contributed by atoms with E-state index in [1.54, 1.807) is 14.0 Å². The van der Waals surface area contributed by atoms with E-state index in [0.29, 0.717) is 19.4 Å². The number of imide groups is 1. The second-order valence-corrected chi connectivity index (χ2v) is 6.03. The van der Waals surface area contributed by atoms with Crippen LogP contribution in [0.2, 0.25) is 0 Å². The van der Waals surface area contributed by atoms with Gasteiger partial charge in [-0.15, -0.1) is 12.4 Å². The van der Waals surface area contributed by atoms with E-state index in [0.717, 1.165) is 24.2 Å². The van der Waals surface area contributed by atoms with Gasteiger partial charge in [0.1, 0.15) is 12.1 Å². The van der Waals surface area contributed by atoms with Crippen LogP contribution in [0.15, 0.2) is 0 Å². The molecule has 0 bridgehead atoms. The Bertz CT molecular complexity index is 451. The van der Waals surface area contributed by atoms with Gasteiger partial charge in [-0.25, -0.2) is 4.79 Å². The number of likely N-dealkylation sites (N-methyl/N-ethyl adjacent to an activating group) is 1. The molecule has 1 spiro atoms. The largest absolute Gasteiger partial charge is 0.351 e. The Morgan fingerprint density at radius 1 is 1.32 bits per heavy atom. The van der Waals surface area contributed by atoms with E-state index < -0.39 is 5.54 Å². The van der Waals surface area contributed by atoms with Crippen LogP contribution in [-0.4, -0.2) is 59.4 Å². The van der Waals surface area contributed by atoms with E-state index in [4.69, 9.17) is 5.73 Å². The number of halogens is 1.